The molecule has 0 bridgehead atoms. The van der Waals surface area contributed by atoms with Gasteiger partial charge in [0.15, 0.2) is 5.16 Å². The van der Waals surface area contributed by atoms with Crippen LogP contribution in [0.3, 0.4) is 0 Å². The van der Waals surface area contributed by atoms with Crippen molar-refractivity contribution < 1.29 is 4.79 Å². The minimum absolute atomic E-state index is 0.00310. The molecule has 92 valence electrons. The molecule has 6 heteroatoms. The third-order valence-corrected chi connectivity index (χ3v) is 3.36. The molecule has 17 heavy (non-hydrogen) atoms. The topological polar surface area (TPSA) is 59.8 Å². The van der Waals surface area contributed by atoms with Crippen molar-refractivity contribution >= 4 is 17.7 Å². The SMILES string of the molecule is C=C(C)CNC(=O)CSc1nncn1C1CC1. The lowest BCUT2D eigenvalue weighted by Crippen LogP contribution is -2.26. The van der Waals surface area contributed by atoms with Crippen LogP contribution in [0.5, 0.6) is 0 Å². The number of amides is 1. The molecule has 1 fully saturated rings. The van der Waals surface area contributed by atoms with Crippen LogP contribution in [0, 0.1) is 0 Å². The fourth-order valence-corrected chi connectivity index (χ4v) is 2.18. The third-order valence-electron chi connectivity index (χ3n) is 2.40. The first kappa shape index (κ1) is 12.2. The molecular weight excluding hydrogens is 236 g/mol. The minimum atomic E-state index is 0.00310. The van der Waals surface area contributed by atoms with Crippen molar-refractivity contribution in [1.82, 2.24) is 20.1 Å². The van der Waals surface area contributed by atoms with Crippen molar-refractivity contribution in [2.24, 2.45) is 0 Å². The number of carbonyl (C=O) groups excluding carboxylic acids is 1. The summed E-state index contributed by atoms with van der Waals surface area (Å²) in [5.74, 6) is 0.377. The Morgan fingerprint density at radius 1 is 1.71 bits per heavy atom. The van der Waals surface area contributed by atoms with Crippen molar-refractivity contribution in [2.45, 2.75) is 31.0 Å². The number of hydrogen-bond donors (Lipinski definition) is 1. The summed E-state index contributed by atoms with van der Waals surface area (Å²) in [6, 6.07) is 0.547. The summed E-state index contributed by atoms with van der Waals surface area (Å²) in [6.45, 7) is 6.16. The number of aromatic nitrogens is 3. The number of hydrogen-bond acceptors (Lipinski definition) is 4. The Balaban J connectivity index is 1.78. The van der Waals surface area contributed by atoms with Gasteiger partial charge in [0, 0.05) is 12.6 Å². The van der Waals surface area contributed by atoms with Crippen molar-refractivity contribution in [2.75, 3.05) is 12.3 Å². The average molecular weight is 252 g/mol. The van der Waals surface area contributed by atoms with Gasteiger partial charge in [-0.2, -0.15) is 0 Å². The van der Waals surface area contributed by atoms with Crippen LogP contribution in [0.1, 0.15) is 25.8 Å². The molecule has 0 unspecified atom stereocenters. The van der Waals surface area contributed by atoms with Crippen LogP contribution in [-0.2, 0) is 4.79 Å². The van der Waals surface area contributed by atoms with E-state index in [2.05, 4.69) is 26.7 Å². The molecule has 1 aromatic heterocycles. The maximum atomic E-state index is 11.5. The quantitative estimate of drug-likeness (QED) is 0.614. The van der Waals surface area contributed by atoms with Crippen LogP contribution in [0.4, 0.5) is 0 Å². The molecule has 1 aromatic rings. The van der Waals surface area contributed by atoms with Crippen LogP contribution in [-0.4, -0.2) is 33.0 Å². The molecule has 0 saturated heterocycles. The number of nitrogens with one attached hydrogen (secondary N) is 1. The monoisotopic (exact) mass is 252 g/mol. The Kier molecular flexibility index (Phi) is 3.83. The summed E-state index contributed by atoms with van der Waals surface area (Å²) in [7, 11) is 0. The molecule has 0 atom stereocenters. The van der Waals surface area contributed by atoms with Crippen LogP contribution in [0.15, 0.2) is 23.6 Å². The van der Waals surface area contributed by atoms with E-state index in [0.717, 1.165) is 10.7 Å². The van der Waals surface area contributed by atoms with Gasteiger partial charge in [-0.3, -0.25) is 4.79 Å². The van der Waals surface area contributed by atoms with E-state index in [1.807, 2.05) is 6.92 Å². The lowest BCUT2D eigenvalue weighted by molar-refractivity contribution is -0.118. The van der Waals surface area contributed by atoms with E-state index < -0.39 is 0 Å². The summed E-state index contributed by atoms with van der Waals surface area (Å²) in [4.78, 5) is 11.5. The van der Waals surface area contributed by atoms with E-state index in [4.69, 9.17) is 0 Å². The maximum Gasteiger partial charge on any atom is 0.230 e. The fourth-order valence-electron chi connectivity index (χ4n) is 1.37. The molecular formula is C11H16N4OS. The summed E-state index contributed by atoms with van der Waals surface area (Å²) in [5.41, 5.74) is 0.949. The Hall–Kier alpha value is -1.30. The smallest absolute Gasteiger partial charge is 0.230 e. The number of rotatable bonds is 6. The van der Waals surface area contributed by atoms with E-state index in [1.165, 1.54) is 24.6 Å². The molecule has 0 aliphatic heterocycles. The van der Waals surface area contributed by atoms with Crippen molar-refractivity contribution in [3.05, 3.63) is 18.5 Å². The minimum Gasteiger partial charge on any atom is -0.352 e. The molecule has 0 aromatic carbocycles. The summed E-state index contributed by atoms with van der Waals surface area (Å²) in [6.07, 6.45) is 4.12. The van der Waals surface area contributed by atoms with Gasteiger partial charge in [-0.1, -0.05) is 23.9 Å². The second-order valence-electron chi connectivity index (χ2n) is 4.27. The highest BCUT2D eigenvalue weighted by Crippen LogP contribution is 2.37. The van der Waals surface area contributed by atoms with Crippen LogP contribution in [0.25, 0.3) is 0 Å². The molecule has 5 nitrogen and oxygen atoms in total. The van der Waals surface area contributed by atoms with Gasteiger partial charge in [0.25, 0.3) is 0 Å². The zero-order chi connectivity index (χ0) is 12.3. The predicted octanol–water partition coefficient (Wildman–Crippen LogP) is 1.40. The fraction of sp³-hybridized carbons (Fsp3) is 0.545. The van der Waals surface area contributed by atoms with E-state index in [-0.39, 0.29) is 5.91 Å². The van der Waals surface area contributed by atoms with E-state index >= 15 is 0 Å². The number of carbonyl (C=O) groups is 1. The Bertz CT molecular complexity index is 425. The Labute approximate surface area is 105 Å². The average Bonchev–Trinajstić information content (AvgIpc) is 3.03. The molecule has 1 saturated carbocycles. The number of nitrogens with zero attached hydrogens (tertiary/aromatic N) is 3. The molecule has 0 spiro atoms. The third kappa shape index (κ3) is 3.59. The highest BCUT2D eigenvalue weighted by atomic mass is 32.2. The van der Waals surface area contributed by atoms with Gasteiger partial charge < -0.3 is 9.88 Å². The van der Waals surface area contributed by atoms with Gasteiger partial charge >= 0.3 is 0 Å². The normalized spacial score (nSPS) is 14.6. The lowest BCUT2D eigenvalue weighted by Gasteiger charge is -2.05. The van der Waals surface area contributed by atoms with Crippen LogP contribution >= 0.6 is 11.8 Å². The highest BCUT2D eigenvalue weighted by Gasteiger charge is 2.26. The lowest BCUT2D eigenvalue weighted by atomic mass is 10.3. The summed E-state index contributed by atoms with van der Waals surface area (Å²) < 4.78 is 2.05. The highest BCUT2D eigenvalue weighted by molar-refractivity contribution is 7.99. The largest absolute Gasteiger partial charge is 0.352 e. The van der Waals surface area contributed by atoms with Gasteiger partial charge in [0.05, 0.1) is 5.75 Å². The first-order chi connectivity index (χ1) is 8.16. The zero-order valence-corrected chi connectivity index (χ0v) is 10.7. The van der Waals surface area contributed by atoms with Gasteiger partial charge in [-0.25, -0.2) is 0 Å². The summed E-state index contributed by atoms with van der Waals surface area (Å²) >= 11 is 1.43. The molecule has 1 amide bonds. The van der Waals surface area contributed by atoms with Crippen molar-refractivity contribution in [3.63, 3.8) is 0 Å². The molecule has 1 heterocycles. The van der Waals surface area contributed by atoms with Crippen molar-refractivity contribution in [1.29, 1.82) is 0 Å². The standard InChI is InChI=1S/C11H16N4OS/c1-8(2)5-12-10(16)6-17-11-14-13-7-15(11)9-3-4-9/h7,9H,1,3-6H2,2H3,(H,12,16). The molecule has 1 N–H and O–H groups in total. The molecule has 0 radical (unpaired) electrons. The Morgan fingerprint density at radius 3 is 3.12 bits per heavy atom. The molecule has 1 aliphatic rings. The van der Waals surface area contributed by atoms with E-state index in [9.17, 15) is 4.79 Å². The first-order valence-corrected chi connectivity index (χ1v) is 6.59. The Morgan fingerprint density at radius 2 is 2.47 bits per heavy atom. The maximum absolute atomic E-state index is 11.5. The van der Waals surface area contributed by atoms with E-state index in [0.29, 0.717) is 18.3 Å². The zero-order valence-electron chi connectivity index (χ0n) is 9.85. The van der Waals surface area contributed by atoms with Crippen molar-refractivity contribution in [3.8, 4) is 0 Å². The van der Waals surface area contributed by atoms with Gasteiger partial charge in [-0.15, -0.1) is 10.2 Å². The van der Waals surface area contributed by atoms with Crippen LogP contribution in [0.2, 0.25) is 0 Å². The second-order valence-corrected chi connectivity index (χ2v) is 5.22. The summed E-state index contributed by atoms with van der Waals surface area (Å²) in [5, 5.41) is 11.5. The second kappa shape index (κ2) is 5.35. The van der Waals surface area contributed by atoms with Gasteiger partial charge in [-0.05, 0) is 19.8 Å². The predicted molar refractivity (Wildman–Crippen MR) is 66.8 cm³/mol. The van der Waals surface area contributed by atoms with Gasteiger partial charge in [0.2, 0.25) is 5.91 Å². The van der Waals surface area contributed by atoms with E-state index in [1.54, 1.807) is 6.33 Å². The first-order valence-electron chi connectivity index (χ1n) is 5.60. The van der Waals surface area contributed by atoms with Gasteiger partial charge in [0.1, 0.15) is 6.33 Å². The van der Waals surface area contributed by atoms with Crippen LogP contribution < -0.4 is 5.32 Å². The molecule has 2 rings (SSSR count). The molecule has 1 aliphatic carbocycles. The number of thioether (sulfide) groups is 1.